The molecular weight excluding hydrogens is 300 g/mol. The third kappa shape index (κ3) is 2.37. The lowest BCUT2D eigenvalue weighted by Gasteiger charge is -2.10. The topological polar surface area (TPSA) is 101 Å². The molecule has 0 spiro atoms. The fraction of sp³-hybridized carbons (Fsp3) is 0.500. The zero-order valence-electron chi connectivity index (χ0n) is 13.7. The Balaban J connectivity index is 2.10. The molecule has 0 saturated heterocycles. The Kier molecular flexibility index (Phi) is 3.24. The van der Waals surface area contributed by atoms with Crippen molar-refractivity contribution in [1.82, 2.24) is 28.8 Å². The number of aromatic nitrogens is 6. The lowest BCUT2D eigenvalue weighted by Crippen LogP contribution is -2.37. The van der Waals surface area contributed by atoms with E-state index in [1.165, 1.54) is 17.9 Å². The first-order valence-corrected chi connectivity index (χ1v) is 7.14. The molecule has 3 aromatic rings. The Morgan fingerprint density at radius 3 is 2.48 bits per heavy atom. The van der Waals surface area contributed by atoms with Crippen LogP contribution in [0.3, 0.4) is 0 Å². The molecule has 23 heavy (non-hydrogen) atoms. The molecule has 0 unspecified atom stereocenters. The molecule has 3 heterocycles. The van der Waals surface area contributed by atoms with Crippen LogP contribution < -0.4 is 11.2 Å². The van der Waals surface area contributed by atoms with E-state index in [1.54, 1.807) is 11.6 Å². The SMILES string of the molecule is Cn1c(=O)c2c(ncn2Cc2noc(C(C)(C)C)n2)n(C)c1=O. The van der Waals surface area contributed by atoms with Crippen molar-refractivity contribution in [2.24, 2.45) is 14.1 Å². The van der Waals surface area contributed by atoms with Crippen LogP contribution in [0.15, 0.2) is 20.4 Å². The van der Waals surface area contributed by atoms with E-state index in [0.29, 0.717) is 22.9 Å². The highest BCUT2D eigenvalue weighted by molar-refractivity contribution is 5.70. The molecule has 0 bridgehead atoms. The monoisotopic (exact) mass is 318 g/mol. The fourth-order valence-electron chi connectivity index (χ4n) is 2.29. The summed E-state index contributed by atoms with van der Waals surface area (Å²) in [4.78, 5) is 32.8. The first-order valence-electron chi connectivity index (χ1n) is 7.14. The van der Waals surface area contributed by atoms with Crippen molar-refractivity contribution in [2.45, 2.75) is 32.7 Å². The zero-order valence-corrected chi connectivity index (χ0v) is 13.7. The molecule has 3 rings (SSSR count). The van der Waals surface area contributed by atoms with Gasteiger partial charge in [-0.25, -0.2) is 9.78 Å². The molecule has 9 nitrogen and oxygen atoms in total. The smallest absolute Gasteiger partial charge is 0.332 e. The Hall–Kier alpha value is -2.71. The van der Waals surface area contributed by atoms with Gasteiger partial charge in [0.25, 0.3) is 5.56 Å². The van der Waals surface area contributed by atoms with Crippen LogP contribution in [0.25, 0.3) is 11.2 Å². The highest BCUT2D eigenvalue weighted by atomic mass is 16.5. The second kappa shape index (κ2) is 4.90. The standard InChI is InChI=1S/C14H18N6O3/c1-14(2,3)12-16-8(17-23-12)6-20-7-15-10-9(20)11(21)19(5)13(22)18(10)4/h7H,6H2,1-5H3. The van der Waals surface area contributed by atoms with Crippen LogP contribution in [0.2, 0.25) is 0 Å². The number of hydrogen-bond donors (Lipinski definition) is 0. The molecule has 9 heteroatoms. The number of aryl methyl sites for hydroxylation is 1. The summed E-state index contributed by atoms with van der Waals surface area (Å²) in [6.07, 6.45) is 1.50. The Bertz CT molecular complexity index is 998. The molecule has 0 atom stereocenters. The van der Waals surface area contributed by atoms with Crippen LogP contribution in [0.5, 0.6) is 0 Å². The van der Waals surface area contributed by atoms with Crippen molar-refractivity contribution in [1.29, 1.82) is 0 Å². The van der Waals surface area contributed by atoms with Gasteiger partial charge in [0, 0.05) is 19.5 Å². The Morgan fingerprint density at radius 2 is 1.87 bits per heavy atom. The van der Waals surface area contributed by atoms with Crippen LogP contribution in [0, 0.1) is 0 Å². The average Bonchev–Trinajstić information content (AvgIpc) is 3.10. The maximum Gasteiger partial charge on any atom is 0.332 e. The van der Waals surface area contributed by atoms with Gasteiger partial charge in [0.15, 0.2) is 17.0 Å². The summed E-state index contributed by atoms with van der Waals surface area (Å²) in [7, 11) is 3.01. The molecule has 0 N–H and O–H groups in total. The molecule has 0 aliphatic carbocycles. The van der Waals surface area contributed by atoms with Crippen molar-refractivity contribution in [3.05, 3.63) is 38.9 Å². The molecule has 0 saturated carbocycles. The van der Waals surface area contributed by atoms with Crippen LogP contribution in [-0.4, -0.2) is 28.8 Å². The van der Waals surface area contributed by atoms with E-state index in [2.05, 4.69) is 15.1 Å². The maximum atomic E-state index is 12.4. The minimum Gasteiger partial charge on any atom is -0.339 e. The van der Waals surface area contributed by atoms with Crippen LogP contribution in [0.1, 0.15) is 32.5 Å². The van der Waals surface area contributed by atoms with Gasteiger partial charge >= 0.3 is 5.69 Å². The van der Waals surface area contributed by atoms with Gasteiger partial charge in [-0.3, -0.25) is 13.9 Å². The molecule has 122 valence electrons. The zero-order chi connectivity index (χ0) is 16.9. The van der Waals surface area contributed by atoms with Crippen molar-refractivity contribution in [2.75, 3.05) is 0 Å². The number of imidazole rings is 1. The van der Waals surface area contributed by atoms with E-state index in [9.17, 15) is 9.59 Å². The molecule has 0 amide bonds. The summed E-state index contributed by atoms with van der Waals surface area (Å²) in [5.74, 6) is 0.974. The van der Waals surface area contributed by atoms with Crippen molar-refractivity contribution in [3.8, 4) is 0 Å². The van der Waals surface area contributed by atoms with E-state index < -0.39 is 11.2 Å². The van der Waals surface area contributed by atoms with E-state index in [-0.39, 0.29) is 12.0 Å². The number of fused-ring (bicyclic) bond motifs is 1. The summed E-state index contributed by atoms with van der Waals surface area (Å²) in [6.45, 7) is 6.16. The summed E-state index contributed by atoms with van der Waals surface area (Å²) in [6, 6.07) is 0. The normalized spacial score (nSPS) is 12.2. The number of nitrogens with zero attached hydrogens (tertiary/aromatic N) is 6. The minimum atomic E-state index is -0.415. The van der Waals surface area contributed by atoms with Gasteiger partial charge in [-0.1, -0.05) is 25.9 Å². The lowest BCUT2D eigenvalue weighted by atomic mass is 9.97. The Morgan fingerprint density at radius 1 is 1.17 bits per heavy atom. The van der Waals surface area contributed by atoms with Gasteiger partial charge in [0.2, 0.25) is 5.89 Å². The third-order valence-corrected chi connectivity index (χ3v) is 3.64. The molecule has 0 aliphatic heterocycles. The second-order valence-electron chi connectivity index (χ2n) is 6.52. The van der Waals surface area contributed by atoms with Crippen LogP contribution >= 0.6 is 0 Å². The predicted octanol–water partition coefficient (Wildman–Crippen LogP) is 0.162. The maximum absolute atomic E-state index is 12.4. The molecule has 0 fully saturated rings. The first kappa shape index (κ1) is 15.2. The molecule has 0 aliphatic rings. The second-order valence-corrected chi connectivity index (χ2v) is 6.52. The highest BCUT2D eigenvalue weighted by Crippen LogP contribution is 2.20. The van der Waals surface area contributed by atoms with Gasteiger partial charge in [-0.15, -0.1) is 0 Å². The number of hydrogen-bond acceptors (Lipinski definition) is 6. The van der Waals surface area contributed by atoms with E-state index in [1.807, 2.05) is 20.8 Å². The quantitative estimate of drug-likeness (QED) is 0.667. The average molecular weight is 318 g/mol. The van der Waals surface area contributed by atoms with Gasteiger partial charge < -0.3 is 9.09 Å². The fourth-order valence-corrected chi connectivity index (χ4v) is 2.29. The van der Waals surface area contributed by atoms with Crippen molar-refractivity contribution < 1.29 is 4.52 Å². The van der Waals surface area contributed by atoms with E-state index in [0.717, 1.165) is 4.57 Å². The summed E-state index contributed by atoms with van der Waals surface area (Å²) < 4.78 is 9.26. The van der Waals surface area contributed by atoms with Crippen molar-refractivity contribution >= 4 is 11.2 Å². The minimum absolute atomic E-state index is 0.240. The van der Waals surface area contributed by atoms with Crippen LogP contribution in [0.4, 0.5) is 0 Å². The summed E-state index contributed by atoms with van der Waals surface area (Å²) in [5, 5.41) is 3.94. The highest BCUT2D eigenvalue weighted by Gasteiger charge is 2.22. The van der Waals surface area contributed by atoms with Gasteiger partial charge in [0.05, 0.1) is 12.9 Å². The molecule has 0 radical (unpaired) electrons. The lowest BCUT2D eigenvalue weighted by molar-refractivity contribution is 0.318. The van der Waals surface area contributed by atoms with E-state index >= 15 is 0 Å². The number of rotatable bonds is 2. The summed E-state index contributed by atoms with van der Waals surface area (Å²) >= 11 is 0. The van der Waals surface area contributed by atoms with Gasteiger partial charge in [-0.05, 0) is 0 Å². The van der Waals surface area contributed by atoms with Crippen LogP contribution in [-0.2, 0) is 26.1 Å². The van der Waals surface area contributed by atoms with E-state index in [4.69, 9.17) is 4.52 Å². The molecule has 0 aromatic carbocycles. The predicted molar refractivity (Wildman–Crippen MR) is 82.3 cm³/mol. The van der Waals surface area contributed by atoms with Gasteiger partial charge in [0.1, 0.15) is 0 Å². The third-order valence-electron chi connectivity index (χ3n) is 3.64. The largest absolute Gasteiger partial charge is 0.339 e. The van der Waals surface area contributed by atoms with Gasteiger partial charge in [-0.2, -0.15) is 4.98 Å². The Labute approximate surface area is 131 Å². The summed E-state index contributed by atoms with van der Waals surface area (Å²) in [5.41, 5.74) is -0.403. The first-order chi connectivity index (χ1) is 10.7. The molecular formula is C14H18N6O3. The molecule has 3 aromatic heterocycles. The van der Waals surface area contributed by atoms with Crippen molar-refractivity contribution in [3.63, 3.8) is 0 Å².